The summed E-state index contributed by atoms with van der Waals surface area (Å²) in [5, 5.41) is 7.30. The first-order chi connectivity index (χ1) is 11.2. The van der Waals surface area contributed by atoms with Gasteiger partial charge in [0.2, 0.25) is 5.91 Å². The fourth-order valence-electron chi connectivity index (χ4n) is 3.57. The standard InChI is InChI=1S/C17H29N5O2/c1-11(2)22-15(23)9-21(10-17(22,5)6)16(18-7)19-8-14-12(3)20-24-13(14)4/h11H,8-10H2,1-7H3,(H,18,19). The number of aromatic nitrogens is 1. The van der Waals surface area contributed by atoms with E-state index in [0.717, 1.165) is 29.5 Å². The average Bonchev–Trinajstić information content (AvgIpc) is 2.77. The van der Waals surface area contributed by atoms with E-state index in [9.17, 15) is 4.79 Å². The maximum atomic E-state index is 12.6. The fourth-order valence-corrected chi connectivity index (χ4v) is 3.57. The molecule has 0 radical (unpaired) electrons. The molecule has 0 saturated carbocycles. The number of piperazine rings is 1. The minimum atomic E-state index is -0.246. The highest BCUT2D eigenvalue weighted by Gasteiger charge is 2.40. The van der Waals surface area contributed by atoms with Crippen molar-refractivity contribution in [3.05, 3.63) is 17.0 Å². The van der Waals surface area contributed by atoms with Crippen LogP contribution in [0.25, 0.3) is 0 Å². The lowest BCUT2D eigenvalue weighted by Crippen LogP contribution is -2.66. The van der Waals surface area contributed by atoms with Gasteiger partial charge in [-0.25, -0.2) is 0 Å². The highest BCUT2D eigenvalue weighted by atomic mass is 16.5. The van der Waals surface area contributed by atoms with Crippen molar-refractivity contribution in [2.24, 2.45) is 4.99 Å². The summed E-state index contributed by atoms with van der Waals surface area (Å²) in [6.07, 6.45) is 0. The summed E-state index contributed by atoms with van der Waals surface area (Å²) in [4.78, 5) is 20.9. The molecule has 1 N–H and O–H groups in total. The minimum Gasteiger partial charge on any atom is -0.361 e. The number of carbonyl (C=O) groups excluding carboxylic acids is 1. The van der Waals surface area contributed by atoms with Gasteiger partial charge in [-0.05, 0) is 41.5 Å². The predicted molar refractivity (Wildman–Crippen MR) is 93.8 cm³/mol. The zero-order valence-corrected chi connectivity index (χ0v) is 15.8. The lowest BCUT2D eigenvalue weighted by molar-refractivity contribution is -0.145. The number of amides is 1. The Morgan fingerprint density at radius 1 is 1.42 bits per heavy atom. The second-order valence-electron chi connectivity index (χ2n) is 7.23. The number of rotatable bonds is 3. The van der Waals surface area contributed by atoms with Gasteiger partial charge in [0.25, 0.3) is 0 Å². The lowest BCUT2D eigenvalue weighted by atomic mass is 9.96. The van der Waals surface area contributed by atoms with E-state index in [1.807, 2.05) is 23.6 Å². The summed E-state index contributed by atoms with van der Waals surface area (Å²) in [6.45, 7) is 13.8. The van der Waals surface area contributed by atoms with Gasteiger partial charge < -0.3 is 19.6 Å². The molecule has 1 aliphatic heterocycles. The molecular weight excluding hydrogens is 306 g/mol. The van der Waals surface area contributed by atoms with Gasteiger partial charge in [-0.1, -0.05) is 5.16 Å². The van der Waals surface area contributed by atoms with Gasteiger partial charge in [-0.2, -0.15) is 0 Å². The van der Waals surface area contributed by atoms with E-state index in [2.05, 4.69) is 43.2 Å². The first-order valence-corrected chi connectivity index (χ1v) is 8.37. The fraction of sp³-hybridized carbons (Fsp3) is 0.706. The van der Waals surface area contributed by atoms with Crippen LogP contribution in [-0.4, -0.2) is 58.5 Å². The number of aryl methyl sites for hydroxylation is 2. The van der Waals surface area contributed by atoms with Crippen molar-refractivity contribution in [3.8, 4) is 0 Å². The van der Waals surface area contributed by atoms with E-state index in [0.29, 0.717) is 13.1 Å². The van der Waals surface area contributed by atoms with Crippen LogP contribution >= 0.6 is 0 Å². The number of hydrogen-bond donors (Lipinski definition) is 1. The molecule has 0 aliphatic carbocycles. The molecule has 1 saturated heterocycles. The van der Waals surface area contributed by atoms with Gasteiger partial charge in [0, 0.05) is 31.7 Å². The third-order valence-corrected chi connectivity index (χ3v) is 4.46. The zero-order valence-electron chi connectivity index (χ0n) is 15.8. The number of nitrogens with zero attached hydrogens (tertiary/aromatic N) is 4. The Kier molecular flexibility index (Phi) is 5.20. The quantitative estimate of drug-likeness (QED) is 0.672. The highest BCUT2D eigenvalue weighted by Crippen LogP contribution is 2.24. The van der Waals surface area contributed by atoms with Crippen molar-refractivity contribution in [1.82, 2.24) is 20.3 Å². The van der Waals surface area contributed by atoms with E-state index < -0.39 is 0 Å². The highest BCUT2D eigenvalue weighted by molar-refractivity contribution is 5.88. The van der Waals surface area contributed by atoms with Crippen LogP contribution in [0.15, 0.2) is 9.52 Å². The molecule has 134 valence electrons. The first kappa shape index (κ1) is 18.3. The Hall–Kier alpha value is -2.05. The molecule has 1 fully saturated rings. The third-order valence-electron chi connectivity index (χ3n) is 4.46. The van der Waals surface area contributed by atoms with Crippen LogP contribution in [0.2, 0.25) is 0 Å². The van der Waals surface area contributed by atoms with Gasteiger partial charge in [0.05, 0.1) is 17.8 Å². The van der Waals surface area contributed by atoms with Gasteiger partial charge in [-0.3, -0.25) is 9.79 Å². The Bertz CT molecular complexity index is 613. The SMILES string of the molecule is CN=C(NCc1c(C)noc1C)N1CC(=O)N(C(C)C)C(C)(C)C1. The first-order valence-electron chi connectivity index (χ1n) is 8.37. The summed E-state index contributed by atoms with van der Waals surface area (Å²) in [7, 11) is 1.74. The molecule has 2 rings (SSSR count). The van der Waals surface area contributed by atoms with Gasteiger partial charge in [-0.15, -0.1) is 0 Å². The molecule has 7 nitrogen and oxygen atoms in total. The largest absolute Gasteiger partial charge is 0.361 e. The van der Waals surface area contributed by atoms with Crippen LogP contribution < -0.4 is 5.32 Å². The molecule has 0 unspecified atom stereocenters. The molecule has 0 spiro atoms. The maximum absolute atomic E-state index is 12.6. The van der Waals surface area contributed by atoms with Crippen molar-refractivity contribution in [2.45, 2.75) is 59.7 Å². The van der Waals surface area contributed by atoms with E-state index in [1.165, 1.54) is 0 Å². The molecule has 1 amide bonds. The Morgan fingerprint density at radius 2 is 2.08 bits per heavy atom. The molecule has 24 heavy (non-hydrogen) atoms. The van der Waals surface area contributed by atoms with Crippen LogP contribution in [0, 0.1) is 13.8 Å². The van der Waals surface area contributed by atoms with Crippen molar-refractivity contribution in [2.75, 3.05) is 20.1 Å². The van der Waals surface area contributed by atoms with Crippen molar-refractivity contribution >= 4 is 11.9 Å². The van der Waals surface area contributed by atoms with Gasteiger partial charge in [0.1, 0.15) is 5.76 Å². The van der Waals surface area contributed by atoms with E-state index in [-0.39, 0.29) is 17.5 Å². The van der Waals surface area contributed by atoms with E-state index >= 15 is 0 Å². The molecule has 0 aromatic carbocycles. The maximum Gasteiger partial charge on any atom is 0.242 e. The predicted octanol–water partition coefficient (Wildman–Crippen LogP) is 1.70. The number of guanidine groups is 1. The topological polar surface area (TPSA) is 74.0 Å². The van der Waals surface area contributed by atoms with Gasteiger partial charge >= 0.3 is 0 Å². The monoisotopic (exact) mass is 335 g/mol. The molecular formula is C17H29N5O2. The van der Waals surface area contributed by atoms with E-state index in [1.54, 1.807) is 7.05 Å². The smallest absolute Gasteiger partial charge is 0.242 e. The summed E-state index contributed by atoms with van der Waals surface area (Å²) in [5.41, 5.74) is 1.66. The Balaban J connectivity index is 2.11. The number of hydrogen-bond acceptors (Lipinski definition) is 4. The van der Waals surface area contributed by atoms with Crippen molar-refractivity contribution < 1.29 is 9.32 Å². The molecule has 7 heteroatoms. The summed E-state index contributed by atoms with van der Waals surface area (Å²) in [6, 6.07) is 0.187. The molecule has 0 atom stereocenters. The minimum absolute atomic E-state index is 0.126. The summed E-state index contributed by atoms with van der Waals surface area (Å²) in [5.74, 6) is 1.65. The van der Waals surface area contributed by atoms with Crippen LogP contribution in [-0.2, 0) is 11.3 Å². The summed E-state index contributed by atoms with van der Waals surface area (Å²) < 4.78 is 5.19. The molecule has 1 aromatic rings. The zero-order chi connectivity index (χ0) is 18.1. The number of nitrogens with one attached hydrogen (secondary N) is 1. The third kappa shape index (κ3) is 3.55. The number of aliphatic imine (C=N–C) groups is 1. The second kappa shape index (κ2) is 6.83. The van der Waals surface area contributed by atoms with Gasteiger partial charge in [0.15, 0.2) is 5.96 Å². The summed E-state index contributed by atoms with van der Waals surface area (Å²) >= 11 is 0. The normalized spacial score (nSPS) is 18.5. The number of carbonyl (C=O) groups is 1. The second-order valence-corrected chi connectivity index (χ2v) is 7.23. The molecule has 1 aromatic heterocycles. The lowest BCUT2D eigenvalue weighted by Gasteiger charge is -2.49. The molecule has 1 aliphatic rings. The average molecular weight is 335 g/mol. The van der Waals surface area contributed by atoms with Crippen LogP contribution in [0.5, 0.6) is 0 Å². The Morgan fingerprint density at radius 3 is 2.54 bits per heavy atom. The van der Waals surface area contributed by atoms with Crippen molar-refractivity contribution in [1.29, 1.82) is 0 Å². The van der Waals surface area contributed by atoms with Crippen LogP contribution in [0.1, 0.15) is 44.7 Å². The van der Waals surface area contributed by atoms with Crippen LogP contribution in [0.4, 0.5) is 0 Å². The molecule has 2 heterocycles. The van der Waals surface area contributed by atoms with Crippen molar-refractivity contribution in [3.63, 3.8) is 0 Å². The molecule has 0 bridgehead atoms. The van der Waals surface area contributed by atoms with E-state index in [4.69, 9.17) is 4.52 Å². The van der Waals surface area contributed by atoms with Crippen LogP contribution in [0.3, 0.4) is 0 Å². The Labute approximate surface area is 144 Å².